The molecule has 11 nitrogen and oxygen atoms in total. The fraction of sp³-hybridized carbons (Fsp3) is 0.419. The van der Waals surface area contributed by atoms with Crippen molar-refractivity contribution in [1.82, 2.24) is 25.3 Å². The Morgan fingerprint density at radius 1 is 1.10 bits per heavy atom. The van der Waals surface area contributed by atoms with E-state index in [4.69, 9.17) is 14.2 Å². The van der Waals surface area contributed by atoms with Crippen molar-refractivity contribution in [3.8, 4) is 17.2 Å². The maximum absolute atomic E-state index is 13.6. The maximum atomic E-state index is 13.6. The van der Waals surface area contributed by atoms with E-state index in [1.807, 2.05) is 38.1 Å². The molecule has 3 aliphatic heterocycles. The van der Waals surface area contributed by atoms with Crippen LogP contribution in [0.3, 0.4) is 0 Å². The standard InChI is InChI=1S/C31H35N5O6/c1-19(2)36-14-23(13-33-36)31(39)35-15-27-28(16-35)42-24-7-5-20(6-8-24)12-32-29(37)18-41-26-10-22(30(38)34-27)9-25(11-26)40-17-21-3-4-21/h5-11,13-14,19,21,27-28H,3-4,12,15-18H2,1-2H3,(H,32,37)(H,34,38)/t27-,28-/m0/s1. The number of rotatable bonds is 5. The van der Waals surface area contributed by atoms with Crippen LogP contribution in [0.2, 0.25) is 0 Å². The Hall–Kier alpha value is -4.54. The zero-order valence-electron chi connectivity index (χ0n) is 23.7. The Labute approximate surface area is 244 Å². The molecule has 1 aromatic heterocycles. The van der Waals surface area contributed by atoms with Crippen LogP contribution in [0.25, 0.3) is 0 Å². The van der Waals surface area contributed by atoms with Crippen LogP contribution in [0, 0.1) is 5.92 Å². The van der Waals surface area contributed by atoms with Crippen molar-refractivity contribution < 1.29 is 28.6 Å². The predicted octanol–water partition coefficient (Wildman–Crippen LogP) is 2.96. The average Bonchev–Trinajstić information content (AvgIpc) is 3.53. The van der Waals surface area contributed by atoms with Gasteiger partial charge in [0.25, 0.3) is 17.7 Å². The molecule has 2 fully saturated rings. The van der Waals surface area contributed by atoms with Crippen LogP contribution in [0.5, 0.6) is 17.2 Å². The molecule has 2 N–H and O–H groups in total. The van der Waals surface area contributed by atoms with E-state index in [-0.39, 0.29) is 43.5 Å². The lowest BCUT2D eigenvalue weighted by molar-refractivity contribution is -0.123. The first-order chi connectivity index (χ1) is 20.3. The van der Waals surface area contributed by atoms with Gasteiger partial charge in [0.2, 0.25) is 0 Å². The summed E-state index contributed by atoms with van der Waals surface area (Å²) < 4.78 is 19.8. The normalized spacial score (nSPS) is 20.7. The van der Waals surface area contributed by atoms with Gasteiger partial charge in [-0.1, -0.05) is 12.1 Å². The first kappa shape index (κ1) is 27.6. The summed E-state index contributed by atoms with van der Waals surface area (Å²) in [6.07, 6.45) is 5.07. The molecule has 4 heterocycles. The van der Waals surface area contributed by atoms with Gasteiger partial charge in [-0.3, -0.25) is 19.1 Å². The number of amides is 3. The molecule has 4 aliphatic rings. The number of hydrogen-bond donors (Lipinski definition) is 2. The molecular formula is C31H35N5O6. The van der Waals surface area contributed by atoms with Crippen LogP contribution < -0.4 is 24.8 Å². The number of fused-ring (bicyclic) bond motifs is 7. The van der Waals surface area contributed by atoms with Gasteiger partial charge in [-0.15, -0.1) is 0 Å². The Balaban J connectivity index is 1.27. The van der Waals surface area contributed by atoms with Gasteiger partial charge >= 0.3 is 0 Å². The summed E-state index contributed by atoms with van der Waals surface area (Å²) in [5.74, 6) is 1.16. The van der Waals surface area contributed by atoms with Crippen LogP contribution in [-0.2, 0) is 11.3 Å². The third-order valence-electron chi connectivity index (χ3n) is 7.64. The number of carbonyl (C=O) groups excluding carboxylic acids is 3. The first-order valence-electron chi connectivity index (χ1n) is 14.4. The average molecular weight is 574 g/mol. The van der Waals surface area contributed by atoms with E-state index in [1.165, 1.54) is 0 Å². The molecule has 11 heteroatoms. The van der Waals surface area contributed by atoms with Crippen molar-refractivity contribution in [1.29, 1.82) is 0 Å². The molecule has 2 aromatic carbocycles. The summed E-state index contributed by atoms with van der Waals surface area (Å²) >= 11 is 0. The highest BCUT2D eigenvalue weighted by molar-refractivity contribution is 5.96. The molecule has 3 amide bonds. The molecule has 220 valence electrons. The van der Waals surface area contributed by atoms with Gasteiger partial charge in [0, 0.05) is 37.0 Å². The van der Waals surface area contributed by atoms with Crippen molar-refractivity contribution in [3.05, 3.63) is 71.5 Å². The molecule has 0 unspecified atom stereocenters. The second-order valence-corrected chi connectivity index (χ2v) is 11.4. The lowest BCUT2D eigenvalue weighted by atomic mass is 10.1. The fourth-order valence-corrected chi connectivity index (χ4v) is 4.99. The summed E-state index contributed by atoms with van der Waals surface area (Å²) in [4.78, 5) is 41.2. The van der Waals surface area contributed by atoms with Gasteiger partial charge in [0.1, 0.15) is 23.4 Å². The van der Waals surface area contributed by atoms with Crippen molar-refractivity contribution in [3.63, 3.8) is 0 Å². The zero-order chi connectivity index (χ0) is 29.2. The Bertz CT molecular complexity index is 1460. The van der Waals surface area contributed by atoms with Crippen molar-refractivity contribution in [2.75, 3.05) is 26.3 Å². The number of ether oxygens (including phenoxy) is 3. The zero-order valence-corrected chi connectivity index (χ0v) is 23.7. The molecule has 1 saturated carbocycles. The van der Waals surface area contributed by atoms with Crippen LogP contribution in [0.4, 0.5) is 0 Å². The molecule has 42 heavy (non-hydrogen) atoms. The van der Waals surface area contributed by atoms with Crippen molar-refractivity contribution in [2.45, 2.75) is 51.4 Å². The Morgan fingerprint density at radius 2 is 1.90 bits per heavy atom. The van der Waals surface area contributed by atoms with E-state index in [0.29, 0.717) is 47.4 Å². The number of nitrogens with one attached hydrogen (secondary N) is 2. The molecule has 3 aromatic rings. The number of hydrogen-bond acceptors (Lipinski definition) is 7. The smallest absolute Gasteiger partial charge is 0.258 e. The van der Waals surface area contributed by atoms with E-state index >= 15 is 0 Å². The summed E-state index contributed by atoms with van der Waals surface area (Å²) in [6, 6.07) is 12.0. The minimum absolute atomic E-state index is 0.128. The lowest BCUT2D eigenvalue weighted by Crippen LogP contribution is -2.45. The van der Waals surface area contributed by atoms with E-state index in [0.717, 1.165) is 18.4 Å². The number of benzene rings is 2. The quantitative estimate of drug-likeness (QED) is 0.481. The molecule has 2 atom stereocenters. The van der Waals surface area contributed by atoms with E-state index in [1.54, 1.807) is 40.2 Å². The number of likely N-dealkylation sites (tertiary alicyclic amines) is 1. The molecule has 7 rings (SSSR count). The maximum Gasteiger partial charge on any atom is 0.258 e. The summed E-state index contributed by atoms with van der Waals surface area (Å²) in [5, 5.41) is 10.2. The summed E-state index contributed by atoms with van der Waals surface area (Å²) in [5.41, 5.74) is 1.71. The highest BCUT2D eigenvalue weighted by atomic mass is 16.5. The lowest BCUT2D eigenvalue weighted by Gasteiger charge is -2.21. The molecule has 0 spiro atoms. The molecule has 0 radical (unpaired) electrons. The molecule has 1 saturated heterocycles. The third-order valence-corrected chi connectivity index (χ3v) is 7.64. The van der Waals surface area contributed by atoms with Gasteiger partial charge in [-0.05, 0) is 62.4 Å². The minimum atomic E-state index is -0.496. The fourth-order valence-electron chi connectivity index (χ4n) is 4.99. The number of nitrogens with zero attached hydrogens (tertiary/aromatic N) is 3. The van der Waals surface area contributed by atoms with Gasteiger partial charge in [-0.25, -0.2) is 0 Å². The van der Waals surface area contributed by atoms with Crippen LogP contribution in [0.1, 0.15) is 59.0 Å². The Kier molecular flexibility index (Phi) is 7.73. The highest BCUT2D eigenvalue weighted by Crippen LogP contribution is 2.31. The predicted molar refractivity (Wildman–Crippen MR) is 153 cm³/mol. The van der Waals surface area contributed by atoms with Crippen LogP contribution in [-0.4, -0.2) is 70.9 Å². The number of carbonyl (C=O) groups is 3. The summed E-state index contributed by atoms with van der Waals surface area (Å²) in [6.45, 7) is 5.23. The van der Waals surface area contributed by atoms with E-state index < -0.39 is 12.1 Å². The second-order valence-electron chi connectivity index (χ2n) is 11.4. The largest absolute Gasteiger partial charge is 0.493 e. The molecule has 4 bridgehead atoms. The second kappa shape index (κ2) is 11.8. The van der Waals surface area contributed by atoms with Gasteiger partial charge in [-0.2, -0.15) is 5.10 Å². The monoisotopic (exact) mass is 573 g/mol. The van der Waals surface area contributed by atoms with Gasteiger partial charge in [0.05, 0.1) is 31.0 Å². The Morgan fingerprint density at radius 3 is 2.64 bits per heavy atom. The van der Waals surface area contributed by atoms with Crippen molar-refractivity contribution in [2.24, 2.45) is 5.92 Å². The third kappa shape index (κ3) is 6.50. The van der Waals surface area contributed by atoms with Crippen LogP contribution >= 0.6 is 0 Å². The molecule has 1 aliphatic carbocycles. The van der Waals surface area contributed by atoms with E-state index in [2.05, 4.69) is 15.7 Å². The number of aromatic nitrogens is 2. The van der Waals surface area contributed by atoms with Crippen molar-refractivity contribution >= 4 is 17.7 Å². The molecular weight excluding hydrogens is 538 g/mol. The van der Waals surface area contributed by atoms with Gasteiger partial charge < -0.3 is 29.7 Å². The minimum Gasteiger partial charge on any atom is -0.493 e. The first-order valence-corrected chi connectivity index (χ1v) is 14.4. The van der Waals surface area contributed by atoms with E-state index in [9.17, 15) is 14.4 Å². The topological polar surface area (TPSA) is 124 Å². The van der Waals surface area contributed by atoms with Gasteiger partial charge in [0.15, 0.2) is 6.61 Å². The summed E-state index contributed by atoms with van der Waals surface area (Å²) in [7, 11) is 0. The SMILES string of the molecule is CC(C)n1cc(C(=O)N2C[C@@H]3NC(=O)c4cc(cc(OCC5CC5)c4)OCC(=O)NCc4ccc(cc4)O[C@H]3C2)cn1. The highest BCUT2D eigenvalue weighted by Gasteiger charge is 2.39. The van der Waals surface area contributed by atoms with Crippen LogP contribution in [0.15, 0.2) is 54.9 Å².